The second-order valence-corrected chi connectivity index (χ2v) is 6.20. The first-order valence-corrected chi connectivity index (χ1v) is 7.50. The molecule has 0 aliphatic rings. The molecule has 0 aliphatic heterocycles. The van der Waals surface area contributed by atoms with Gasteiger partial charge in [-0.25, -0.2) is 14.2 Å². The van der Waals surface area contributed by atoms with E-state index in [0.717, 1.165) is 6.20 Å². The van der Waals surface area contributed by atoms with E-state index in [1.807, 2.05) is 0 Å². The van der Waals surface area contributed by atoms with Crippen molar-refractivity contribution in [2.75, 3.05) is 11.9 Å². The van der Waals surface area contributed by atoms with Crippen LogP contribution >= 0.6 is 11.6 Å². The van der Waals surface area contributed by atoms with E-state index in [1.54, 1.807) is 45.0 Å². The highest BCUT2D eigenvalue weighted by molar-refractivity contribution is 6.28. The van der Waals surface area contributed by atoms with Crippen LogP contribution < -0.4 is 10.1 Å². The molecule has 1 aromatic carbocycles. The molecule has 128 valence electrons. The van der Waals surface area contributed by atoms with Crippen molar-refractivity contribution < 1.29 is 18.7 Å². The first-order valence-electron chi connectivity index (χ1n) is 7.13. The molecule has 0 amide bonds. The standard InChI is InChI=1S/C16H17ClFN3O3/c1-16(2,3)24-13(22)9-23-11-6-4-10(5-7-11)20-14-12(18)8-19-15(17)21-14/h4-8H,9H2,1-3H3,(H,19,20,21). The minimum atomic E-state index is -0.621. The van der Waals surface area contributed by atoms with Crippen LogP contribution in [0, 0.1) is 5.82 Å². The third-order valence-electron chi connectivity index (χ3n) is 2.61. The molecule has 2 aromatic rings. The number of rotatable bonds is 5. The molecule has 0 unspecified atom stereocenters. The summed E-state index contributed by atoms with van der Waals surface area (Å²) >= 11 is 5.63. The Hall–Kier alpha value is -2.41. The second kappa shape index (κ2) is 7.44. The van der Waals surface area contributed by atoms with Crippen molar-refractivity contribution in [1.82, 2.24) is 9.97 Å². The number of anilines is 2. The van der Waals surface area contributed by atoms with Gasteiger partial charge in [-0.05, 0) is 56.6 Å². The minimum Gasteiger partial charge on any atom is -0.482 e. The molecule has 0 spiro atoms. The van der Waals surface area contributed by atoms with Crippen LogP contribution in [-0.2, 0) is 9.53 Å². The summed E-state index contributed by atoms with van der Waals surface area (Å²) < 4.78 is 24.0. The van der Waals surface area contributed by atoms with Gasteiger partial charge in [0.15, 0.2) is 18.2 Å². The summed E-state index contributed by atoms with van der Waals surface area (Å²) in [6.45, 7) is 5.15. The molecule has 0 aliphatic carbocycles. The number of aromatic nitrogens is 2. The molecular formula is C16H17ClFN3O3. The molecule has 0 saturated heterocycles. The zero-order valence-electron chi connectivity index (χ0n) is 13.5. The summed E-state index contributed by atoms with van der Waals surface area (Å²) in [4.78, 5) is 18.9. The zero-order valence-corrected chi connectivity index (χ0v) is 14.2. The fourth-order valence-electron chi connectivity index (χ4n) is 1.72. The molecule has 0 fully saturated rings. The minimum absolute atomic E-state index is 0.0302. The van der Waals surface area contributed by atoms with Gasteiger partial charge in [-0.2, -0.15) is 4.98 Å². The summed E-state index contributed by atoms with van der Waals surface area (Å²) in [5.41, 5.74) is 0.0187. The third-order valence-corrected chi connectivity index (χ3v) is 2.79. The zero-order chi connectivity index (χ0) is 17.7. The van der Waals surface area contributed by atoms with E-state index in [-0.39, 0.29) is 17.7 Å². The Morgan fingerprint density at radius 3 is 2.58 bits per heavy atom. The summed E-state index contributed by atoms with van der Waals surface area (Å²) in [7, 11) is 0. The highest BCUT2D eigenvalue weighted by Crippen LogP contribution is 2.21. The molecule has 0 bridgehead atoms. The van der Waals surface area contributed by atoms with Crippen LogP contribution in [0.2, 0.25) is 5.28 Å². The fourth-order valence-corrected chi connectivity index (χ4v) is 1.85. The Morgan fingerprint density at radius 1 is 1.29 bits per heavy atom. The van der Waals surface area contributed by atoms with E-state index in [1.165, 1.54) is 0 Å². The maximum Gasteiger partial charge on any atom is 0.344 e. The predicted octanol–water partition coefficient (Wildman–Crippen LogP) is 3.73. The molecule has 1 N–H and O–H groups in total. The SMILES string of the molecule is CC(C)(C)OC(=O)COc1ccc(Nc2nc(Cl)ncc2F)cc1. The number of hydrogen-bond donors (Lipinski definition) is 1. The number of carbonyl (C=O) groups excluding carboxylic acids is 1. The average Bonchev–Trinajstić information content (AvgIpc) is 2.48. The normalized spacial score (nSPS) is 11.0. The molecule has 0 radical (unpaired) electrons. The Morgan fingerprint density at radius 2 is 1.96 bits per heavy atom. The van der Waals surface area contributed by atoms with Crippen LogP contribution in [0.4, 0.5) is 15.9 Å². The number of nitrogens with zero attached hydrogens (tertiary/aromatic N) is 2. The van der Waals surface area contributed by atoms with Crippen LogP contribution in [0.3, 0.4) is 0 Å². The summed E-state index contributed by atoms with van der Waals surface area (Å²) in [6.07, 6.45) is 0.982. The van der Waals surface area contributed by atoms with E-state index in [9.17, 15) is 9.18 Å². The lowest BCUT2D eigenvalue weighted by Crippen LogP contribution is -2.27. The van der Waals surface area contributed by atoms with Crippen LogP contribution in [0.1, 0.15) is 20.8 Å². The molecule has 24 heavy (non-hydrogen) atoms. The second-order valence-electron chi connectivity index (χ2n) is 5.86. The van der Waals surface area contributed by atoms with Crippen molar-refractivity contribution in [3.8, 4) is 5.75 Å². The molecule has 0 atom stereocenters. The topological polar surface area (TPSA) is 73.3 Å². The van der Waals surface area contributed by atoms with E-state index in [2.05, 4.69) is 15.3 Å². The Bertz CT molecular complexity index is 717. The Balaban J connectivity index is 1.93. The number of ether oxygens (including phenoxy) is 2. The van der Waals surface area contributed by atoms with E-state index in [0.29, 0.717) is 11.4 Å². The van der Waals surface area contributed by atoms with Crippen molar-refractivity contribution >= 4 is 29.1 Å². The largest absolute Gasteiger partial charge is 0.482 e. The molecule has 6 nitrogen and oxygen atoms in total. The summed E-state index contributed by atoms with van der Waals surface area (Å²) in [5.74, 6) is -0.628. The van der Waals surface area contributed by atoms with Gasteiger partial charge in [0.05, 0.1) is 6.20 Å². The molecule has 1 aromatic heterocycles. The first-order chi connectivity index (χ1) is 11.2. The highest BCUT2D eigenvalue weighted by atomic mass is 35.5. The van der Waals surface area contributed by atoms with E-state index < -0.39 is 17.4 Å². The van der Waals surface area contributed by atoms with Gasteiger partial charge in [-0.1, -0.05) is 0 Å². The Kier molecular flexibility index (Phi) is 5.56. The van der Waals surface area contributed by atoms with Crippen LogP contribution in [0.25, 0.3) is 0 Å². The van der Waals surface area contributed by atoms with Gasteiger partial charge in [-0.15, -0.1) is 0 Å². The number of esters is 1. The van der Waals surface area contributed by atoms with Crippen molar-refractivity contribution in [1.29, 1.82) is 0 Å². The van der Waals surface area contributed by atoms with Crippen LogP contribution in [0.15, 0.2) is 30.5 Å². The highest BCUT2D eigenvalue weighted by Gasteiger charge is 2.16. The lowest BCUT2D eigenvalue weighted by atomic mass is 10.2. The average molecular weight is 354 g/mol. The number of carbonyl (C=O) groups is 1. The summed E-state index contributed by atoms with van der Waals surface area (Å²) in [6, 6.07) is 6.57. The van der Waals surface area contributed by atoms with Crippen molar-refractivity contribution in [2.24, 2.45) is 0 Å². The number of benzene rings is 1. The number of nitrogens with one attached hydrogen (secondary N) is 1. The van der Waals surface area contributed by atoms with Crippen molar-refractivity contribution in [2.45, 2.75) is 26.4 Å². The summed E-state index contributed by atoms with van der Waals surface area (Å²) in [5, 5.41) is 2.72. The fraction of sp³-hybridized carbons (Fsp3) is 0.312. The number of hydrogen-bond acceptors (Lipinski definition) is 6. The molecular weight excluding hydrogens is 337 g/mol. The van der Waals surface area contributed by atoms with Crippen molar-refractivity contribution in [3.63, 3.8) is 0 Å². The lowest BCUT2D eigenvalue weighted by Gasteiger charge is -2.19. The third kappa shape index (κ3) is 5.66. The predicted molar refractivity (Wildman–Crippen MR) is 88.1 cm³/mol. The molecule has 2 rings (SSSR count). The Labute approximate surface area is 144 Å². The van der Waals surface area contributed by atoms with Gasteiger partial charge in [0.25, 0.3) is 0 Å². The van der Waals surface area contributed by atoms with Gasteiger partial charge in [0.2, 0.25) is 5.28 Å². The van der Waals surface area contributed by atoms with E-state index >= 15 is 0 Å². The van der Waals surface area contributed by atoms with Gasteiger partial charge < -0.3 is 14.8 Å². The van der Waals surface area contributed by atoms with Crippen LogP contribution in [0.5, 0.6) is 5.75 Å². The van der Waals surface area contributed by atoms with Gasteiger partial charge >= 0.3 is 5.97 Å². The number of halogens is 2. The smallest absolute Gasteiger partial charge is 0.344 e. The lowest BCUT2D eigenvalue weighted by molar-refractivity contribution is -0.157. The first kappa shape index (κ1) is 17.9. The monoisotopic (exact) mass is 353 g/mol. The maximum absolute atomic E-state index is 13.6. The van der Waals surface area contributed by atoms with Crippen LogP contribution in [-0.4, -0.2) is 28.1 Å². The molecule has 0 saturated carbocycles. The van der Waals surface area contributed by atoms with E-state index in [4.69, 9.17) is 21.1 Å². The molecule has 8 heteroatoms. The quantitative estimate of drug-likeness (QED) is 0.652. The molecule has 1 heterocycles. The van der Waals surface area contributed by atoms with Crippen molar-refractivity contribution in [3.05, 3.63) is 41.6 Å². The van der Waals surface area contributed by atoms with Gasteiger partial charge in [-0.3, -0.25) is 0 Å². The maximum atomic E-state index is 13.6. The van der Waals surface area contributed by atoms with Gasteiger partial charge in [0.1, 0.15) is 11.4 Å². The van der Waals surface area contributed by atoms with Gasteiger partial charge in [0, 0.05) is 5.69 Å².